The molecule has 1 saturated carbocycles. The molecule has 2 N–H and O–H groups in total. The summed E-state index contributed by atoms with van der Waals surface area (Å²) in [5, 5.41) is 12.1. The first kappa shape index (κ1) is 13.7. The van der Waals surface area contributed by atoms with Gasteiger partial charge >= 0.3 is 12.0 Å². The number of nitrogens with zero attached hydrogens (tertiary/aromatic N) is 1. The van der Waals surface area contributed by atoms with Gasteiger partial charge in [-0.05, 0) is 37.0 Å². The molecule has 5 nitrogen and oxygen atoms in total. The Labute approximate surface area is 116 Å². The maximum absolute atomic E-state index is 12.0. The highest BCUT2D eigenvalue weighted by molar-refractivity contribution is 6.30. The lowest BCUT2D eigenvalue weighted by atomic mass is 10.3. The predicted octanol–water partition coefficient (Wildman–Crippen LogP) is 2.35. The van der Waals surface area contributed by atoms with E-state index < -0.39 is 18.5 Å². The Morgan fingerprint density at radius 1 is 1.42 bits per heavy atom. The number of hydrogen-bond acceptors (Lipinski definition) is 2. The van der Waals surface area contributed by atoms with Crippen LogP contribution in [0.15, 0.2) is 24.3 Å². The highest BCUT2D eigenvalue weighted by atomic mass is 35.5. The SMILES string of the molecule is O=C(O)CN(C(=O)NCC1CC1)c1cccc(Cl)c1. The van der Waals surface area contributed by atoms with Gasteiger partial charge < -0.3 is 10.4 Å². The fourth-order valence-corrected chi connectivity index (χ4v) is 1.89. The Balaban J connectivity index is 2.09. The van der Waals surface area contributed by atoms with Crippen molar-refractivity contribution in [2.75, 3.05) is 18.0 Å². The van der Waals surface area contributed by atoms with Gasteiger partial charge in [0.05, 0.1) is 0 Å². The van der Waals surface area contributed by atoms with Gasteiger partial charge in [-0.15, -0.1) is 0 Å². The summed E-state index contributed by atoms with van der Waals surface area (Å²) >= 11 is 5.86. The lowest BCUT2D eigenvalue weighted by Crippen LogP contribution is -2.43. The molecule has 6 heteroatoms. The minimum atomic E-state index is -1.07. The van der Waals surface area contributed by atoms with E-state index in [-0.39, 0.29) is 0 Å². The maximum Gasteiger partial charge on any atom is 0.323 e. The van der Waals surface area contributed by atoms with Crippen LogP contribution in [0.2, 0.25) is 5.02 Å². The first-order valence-corrected chi connectivity index (χ1v) is 6.47. The van der Waals surface area contributed by atoms with Crippen LogP contribution in [0.4, 0.5) is 10.5 Å². The number of carboxylic acid groups (broad SMARTS) is 1. The normalized spacial score (nSPS) is 13.9. The Bertz CT molecular complexity index is 489. The molecular formula is C13H15ClN2O3. The second-order valence-corrected chi connectivity index (χ2v) is 5.03. The van der Waals surface area contributed by atoms with Gasteiger partial charge in [-0.2, -0.15) is 0 Å². The number of benzene rings is 1. The van der Waals surface area contributed by atoms with Crippen molar-refractivity contribution in [2.24, 2.45) is 5.92 Å². The van der Waals surface area contributed by atoms with Crippen LogP contribution in [0.25, 0.3) is 0 Å². The molecule has 1 aliphatic carbocycles. The molecule has 0 aliphatic heterocycles. The van der Waals surface area contributed by atoms with Crippen LogP contribution in [-0.4, -0.2) is 30.2 Å². The lowest BCUT2D eigenvalue weighted by Gasteiger charge is -2.21. The molecule has 19 heavy (non-hydrogen) atoms. The number of hydrogen-bond donors (Lipinski definition) is 2. The number of aliphatic carboxylic acids is 1. The summed E-state index contributed by atoms with van der Waals surface area (Å²) in [6.07, 6.45) is 2.24. The molecule has 0 radical (unpaired) electrons. The van der Waals surface area contributed by atoms with E-state index in [1.165, 1.54) is 4.90 Å². The summed E-state index contributed by atoms with van der Waals surface area (Å²) in [6, 6.07) is 6.18. The first-order valence-electron chi connectivity index (χ1n) is 6.09. The molecular weight excluding hydrogens is 268 g/mol. The van der Waals surface area contributed by atoms with Gasteiger partial charge in [-0.3, -0.25) is 9.69 Å². The van der Waals surface area contributed by atoms with Crippen molar-refractivity contribution in [3.05, 3.63) is 29.3 Å². The van der Waals surface area contributed by atoms with Crippen molar-refractivity contribution in [1.29, 1.82) is 0 Å². The maximum atomic E-state index is 12.0. The third kappa shape index (κ3) is 4.13. The molecule has 1 aromatic carbocycles. The van der Waals surface area contributed by atoms with Crippen molar-refractivity contribution < 1.29 is 14.7 Å². The zero-order valence-corrected chi connectivity index (χ0v) is 11.1. The van der Waals surface area contributed by atoms with Crippen LogP contribution < -0.4 is 10.2 Å². The van der Waals surface area contributed by atoms with Gasteiger partial charge in [0.15, 0.2) is 0 Å². The zero-order chi connectivity index (χ0) is 13.8. The van der Waals surface area contributed by atoms with E-state index in [0.29, 0.717) is 23.2 Å². The van der Waals surface area contributed by atoms with Gasteiger partial charge in [0.1, 0.15) is 6.54 Å². The topological polar surface area (TPSA) is 69.6 Å². The van der Waals surface area contributed by atoms with Crippen LogP contribution >= 0.6 is 11.6 Å². The number of anilines is 1. The quantitative estimate of drug-likeness (QED) is 0.871. The minimum Gasteiger partial charge on any atom is -0.480 e. The van der Waals surface area contributed by atoms with Crippen molar-refractivity contribution in [3.8, 4) is 0 Å². The molecule has 0 saturated heterocycles. The summed E-state index contributed by atoms with van der Waals surface area (Å²) < 4.78 is 0. The standard InChI is InChI=1S/C13H15ClN2O3/c14-10-2-1-3-11(6-10)16(8-12(17)18)13(19)15-7-9-4-5-9/h1-3,6,9H,4-5,7-8H2,(H,15,19)(H,17,18). The number of urea groups is 1. The summed E-state index contributed by atoms with van der Waals surface area (Å²) in [5.74, 6) is -0.531. The molecule has 0 atom stereocenters. The molecule has 1 fully saturated rings. The second-order valence-electron chi connectivity index (χ2n) is 4.59. The van der Waals surface area contributed by atoms with Crippen LogP contribution in [0.5, 0.6) is 0 Å². The van der Waals surface area contributed by atoms with Gasteiger partial charge in [0.25, 0.3) is 0 Å². The van der Waals surface area contributed by atoms with E-state index in [0.717, 1.165) is 12.8 Å². The third-order valence-electron chi connectivity index (χ3n) is 2.90. The number of carboxylic acids is 1. The smallest absolute Gasteiger partial charge is 0.323 e. The van der Waals surface area contributed by atoms with E-state index in [1.807, 2.05) is 0 Å². The molecule has 1 aromatic rings. The number of rotatable bonds is 5. The summed E-state index contributed by atoms with van der Waals surface area (Å²) in [4.78, 5) is 24.1. The van der Waals surface area contributed by atoms with E-state index in [9.17, 15) is 9.59 Å². The van der Waals surface area contributed by atoms with Crippen molar-refractivity contribution in [1.82, 2.24) is 5.32 Å². The van der Waals surface area contributed by atoms with E-state index in [2.05, 4.69) is 5.32 Å². The van der Waals surface area contributed by atoms with Crippen LogP contribution in [0, 0.1) is 5.92 Å². The number of halogens is 1. The molecule has 2 amide bonds. The molecule has 0 bridgehead atoms. The van der Waals surface area contributed by atoms with Gasteiger partial charge in [0, 0.05) is 17.3 Å². The van der Waals surface area contributed by atoms with Crippen LogP contribution in [-0.2, 0) is 4.79 Å². The van der Waals surface area contributed by atoms with Crippen molar-refractivity contribution in [3.63, 3.8) is 0 Å². The Hall–Kier alpha value is -1.75. The van der Waals surface area contributed by atoms with E-state index in [4.69, 9.17) is 16.7 Å². The summed E-state index contributed by atoms with van der Waals surface area (Å²) in [5.41, 5.74) is 0.475. The predicted molar refractivity (Wildman–Crippen MR) is 72.6 cm³/mol. The Morgan fingerprint density at radius 2 is 2.16 bits per heavy atom. The summed E-state index contributed by atoms with van der Waals surface area (Å²) in [7, 11) is 0. The molecule has 102 valence electrons. The third-order valence-corrected chi connectivity index (χ3v) is 3.13. The number of carbonyl (C=O) groups is 2. The number of amides is 2. The molecule has 0 aromatic heterocycles. The Kier molecular flexibility index (Phi) is 4.27. The number of nitrogens with one attached hydrogen (secondary N) is 1. The minimum absolute atomic E-state index is 0.392. The van der Waals surface area contributed by atoms with Crippen LogP contribution in [0.1, 0.15) is 12.8 Å². The fraction of sp³-hybridized carbons (Fsp3) is 0.385. The lowest BCUT2D eigenvalue weighted by molar-refractivity contribution is -0.135. The average molecular weight is 283 g/mol. The Morgan fingerprint density at radius 3 is 2.74 bits per heavy atom. The van der Waals surface area contributed by atoms with E-state index in [1.54, 1.807) is 24.3 Å². The van der Waals surface area contributed by atoms with Crippen molar-refractivity contribution in [2.45, 2.75) is 12.8 Å². The van der Waals surface area contributed by atoms with Crippen LogP contribution in [0.3, 0.4) is 0 Å². The molecule has 0 unspecified atom stereocenters. The summed E-state index contributed by atoms with van der Waals surface area (Å²) in [6.45, 7) is 0.201. The monoisotopic (exact) mass is 282 g/mol. The van der Waals surface area contributed by atoms with Crippen molar-refractivity contribution >= 4 is 29.3 Å². The zero-order valence-electron chi connectivity index (χ0n) is 10.3. The molecule has 1 aliphatic rings. The van der Waals surface area contributed by atoms with E-state index >= 15 is 0 Å². The largest absolute Gasteiger partial charge is 0.480 e. The second kappa shape index (κ2) is 5.93. The molecule has 0 heterocycles. The van der Waals surface area contributed by atoms with Gasteiger partial charge in [-0.1, -0.05) is 17.7 Å². The highest BCUT2D eigenvalue weighted by Gasteiger charge is 2.24. The first-order chi connectivity index (χ1) is 9.06. The fourth-order valence-electron chi connectivity index (χ4n) is 1.71. The molecule has 0 spiro atoms. The highest BCUT2D eigenvalue weighted by Crippen LogP contribution is 2.27. The van der Waals surface area contributed by atoms with Gasteiger partial charge in [0.2, 0.25) is 0 Å². The molecule has 2 rings (SSSR count). The number of carbonyl (C=O) groups excluding carboxylic acids is 1. The van der Waals surface area contributed by atoms with Gasteiger partial charge in [-0.25, -0.2) is 4.79 Å². The average Bonchev–Trinajstić information content (AvgIpc) is 3.17.